The van der Waals surface area contributed by atoms with Gasteiger partial charge in [-0.3, -0.25) is 0 Å². The molecule has 9 N–H and O–H groups in total. The SMILES string of the molecule is Cc1cc(CCc2nc3ccc(-c4ccccc4S(N)(=O)=O)cc3[nH]2)cc(C(F)(F)F)c1.NS(=O)(=O)c1ccccc1-c1ccc2nc(CCc3c(F)cccc3F)[nH]c2c1.NS(=O)(=O)c1ccccc1-c1ccc2nc(CCc3cc(F)c(F)cc3F)[nH]c2c1. The van der Waals surface area contributed by atoms with Crippen molar-refractivity contribution in [3.63, 3.8) is 0 Å². The Hall–Kier alpha value is -9.44. The van der Waals surface area contributed by atoms with Crippen LogP contribution in [0.3, 0.4) is 0 Å². The Kier molecular flexibility index (Phi) is 18.6. The summed E-state index contributed by atoms with van der Waals surface area (Å²) in [6.45, 7) is 1.64. The van der Waals surface area contributed by atoms with Crippen molar-refractivity contribution in [1.82, 2.24) is 29.9 Å². The summed E-state index contributed by atoms with van der Waals surface area (Å²) in [6, 6.07) is 44.3. The van der Waals surface area contributed by atoms with Gasteiger partial charge in [-0.15, -0.1) is 0 Å². The molecule has 0 saturated heterocycles. The third-order valence-electron chi connectivity index (χ3n) is 14.6. The number of alkyl halides is 3. The summed E-state index contributed by atoms with van der Waals surface area (Å²) in [5, 5.41) is 16.0. The van der Waals surface area contributed by atoms with Gasteiger partial charge in [-0.05, 0) is 139 Å². The van der Waals surface area contributed by atoms with E-state index in [1.165, 1.54) is 36.4 Å². The number of rotatable bonds is 15. The van der Waals surface area contributed by atoms with Gasteiger partial charge in [-0.1, -0.05) is 90.5 Å². The lowest BCUT2D eigenvalue weighted by Gasteiger charge is -2.10. The normalized spacial score (nSPS) is 12.0. The number of hydrogen-bond acceptors (Lipinski definition) is 9. The monoisotopic (exact) mass is 1300 g/mol. The van der Waals surface area contributed by atoms with Gasteiger partial charge in [0, 0.05) is 47.6 Å². The highest BCUT2D eigenvalue weighted by molar-refractivity contribution is 7.89. The molecule has 12 aromatic rings. The number of nitrogens with zero attached hydrogens (tertiary/aromatic N) is 3. The van der Waals surface area contributed by atoms with E-state index in [1.807, 2.05) is 0 Å². The minimum atomic E-state index is -4.39. The van der Waals surface area contributed by atoms with E-state index in [0.29, 0.717) is 120 Å². The lowest BCUT2D eigenvalue weighted by Crippen LogP contribution is -2.13. The second-order valence-corrected chi connectivity index (χ2v) is 25.7. The van der Waals surface area contributed by atoms with E-state index in [9.17, 15) is 60.4 Å². The maximum absolute atomic E-state index is 13.8. The van der Waals surface area contributed by atoms with E-state index in [4.69, 9.17) is 15.4 Å². The van der Waals surface area contributed by atoms with Gasteiger partial charge < -0.3 is 15.0 Å². The van der Waals surface area contributed by atoms with Crippen LogP contribution in [0.5, 0.6) is 0 Å². The number of nitrogens with two attached hydrogens (primary N) is 3. The molecule has 3 aromatic heterocycles. The van der Waals surface area contributed by atoms with Crippen molar-refractivity contribution in [3.8, 4) is 33.4 Å². The van der Waals surface area contributed by atoms with Crippen molar-refractivity contribution in [2.45, 2.75) is 66.3 Å². The number of halogens is 8. The fourth-order valence-electron chi connectivity index (χ4n) is 10.4. The number of imidazole rings is 3. The van der Waals surface area contributed by atoms with Crippen LogP contribution in [-0.2, 0) is 74.8 Å². The first kappa shape index (κ1) is 64.5. The number of aromatic amines is 3. The van der Waals surface area contributed by atoms with E-state index >= 15 is 0 Å². The fourth-order valence-corrected chi connectivity index (χ4v) is 12.6. The van der Waals surface area contributed by atoms with Crippen LogP contribution in [0.15, 0.2) is 191 Å². The first-order valence-electron chi connectivity index (χ1n) is 27.6. The summed E-state index contributed by atoms with van der Waals surface area (Å²) >= 11 is 0. The molecule has 3 heterocycles. The van der Waals surface area contributed by atoms with Crippen LogP contribution >= 0.6 is 0 Å². The number of sulfonamides is 3. The Morgan fingerprint density at radius 1 is 0.396 bits per heavy atom. The Morgan fingerprint density at radius 2 is 0.780 bits per heavy atom. The Balaban J connectivity index is 0.000000150. The first-order chi connectivity index (χ1) is 43.0. The molecule has 0 aliphatic rings. The van der Waals surface area contributed by atoms with Crippen molar-refractivity contribution < 1.29 is 60.4 Å². The van der Waals surface area contributed by atoms with Crippen molar-refractivity contribution in [2.24, 2.45) is 15.4 Å². The molecular weight excluding hydrogens is 1250 g/mol. The highest BCUT2D eigenvalue weighted by atomic mass is 32.2. The van der Waals surface area contributed by atoms with Gasteiger partial charge in [-0.2, -0.15) is 13.2 Å². The molecule has 12 rings (SSSR count). The molecule has 0 atom stereocenters. The molecule has 0 bridgehead atoms. The van der Waals surface area contributed by atoms with Crippen molar-refractivity contribution in [1.29, 1.82) is 0 Å². The molecule has 9 aromatic carbocycles. The molecular formula is C65H53F8N9O6S3. The van der Waals surface area contributed by atoms with Crippen LogP contribution in [0.1, 0.15) is 45.3 Å². The molecule has 0 unspecified atom stereocenters. The zero-order valence-electron chi connectivity index (χ0n) is 47.8. The van der Waals surface area contributed by atoms with E-state index in [2.05, 4.69) is 29.9 Å². The van der Waals surface area contributed by atoms with E-state index in [0.717, 1.165) is 18.2 Å². The average molecular weight is 1300 g/mol. The summed E-state index contributed by atoms with van der Waals surface area (Å²) in [7, 11) is -11.7. The quantitative estimate of drug-likeness (QED) is 0.0420. The largest absolute Gasteiger partial charge is 0.416 e. The first-order valence-corrected chi connectivity index (χ1v) is 32.3. The van der Waals surface area contributed by atoms with E-state index < -0.39 is 70.9 Å². The van der Waals surface area contributed by atoms with Gasteiger partial charge in [0.1, 0.15) is 34.9 Å². The number of hydrogen-bond donors (Lipinski definition) is 6. The minimum Gasteiger partial charge on any atom is -0.342 e. The van der Waals surface area contributed by atoms with Gasteiger partial charge in [0.25, 0.3) is 0 Å². The lowest BCUT2D eigenvalue weighted by molar-refractivity contribution is -0.137. The molecule has 0 aliphatic heterocycles. The molecule has 468 valence electrons. The molecule has 0 saturated carbocycles. The number of aryl methyl sites for hydroxylation is 6. The van der Waals surface area contributed by atoms with Crippen molar-refractivity contribution in [2.75, 3.05) is 0 Å². The van der Waals surface area contributed by atoms with Gasteiger partial charge in [0.2, 0.25) is 30.1 Å². The third-order valence-corrected chi connectivity index (χ3v) is 17.5. The topological polar surface area (TPSA) is 267 Å². The van der Waals surface area contributed by atoms with Crippen LogP contribution in [0, 0.1) is 36.0 Å². The average Bonchev–Trinajstić information content (AvgIpc) is 1.81. The molecule has 26 heteroatoms. The van der Waals surface area contributed by atoms with E-state index in [1.54, 1.807) is 122 Å². The maximum atomic E-state index is 13.8. The van der Waals surface area contributed by atoms with Crippen LogP contribution in [0.25, 0.3) is 66.5 Å². The highest BCUT2D eigenvalue weighted by Crippen LogP contribution is 2.34. The molecule has 0 radical (unpaired) electrons. The minimum absolute atomic E-state index is 0.0119. The smallest absolute Gasteiger partial charge is 0.342 e. The highest BCUT2D eigenvalue weighted by Gasteiger charge is 2.31. The number of H-pyrrole nitrogens is 3. The van der Waals surface area contributed by atoms with Gasteiger partial charge in [0.05, 0.1) is 53.4 Å². The van der Waals surface area contributed by atoms with Gasteiger partial charge in [0.15, 0.2) is 11.6 Å². The summed E-state index contributed by atoms with van der Waals surface area (Å²) in [6.07, 6.45) is -2.66. The summed E-state index contributed by atoms with van der Waals surface area (Å²) in [5.74, 6) is -2.56. The predicted octanol–water partition coefficient (Wildman–Crippen LogP) is 13.0. The molecule has 0 spiro atoms. The number of primary sulfonamides is 3. The molecule has 0 fully saturated rings. The van der Waals surface area contributed by atoms with Gasteiger partial charge >= 0.3 is 6.18 Å². The summed E-state index contributed by atoms with van der Waals surface area (Å²) in [5.41, 5.74) is 7.96. The van der Waals surface area contributed by atoms with E-state index in [-0.39, 0.29) is 45.1 Å². The number of fused-ring (bicyclic) bond motifs is 3. The Morgan fingerprint density at radius 3 is 1.19 bits per heavy atom. The zero-order valence-corrected chi connectivity index (χ0v) is 50.2. The third kappa shape index (κ3) is 15.4. The number of nitrogens with one attached hydrogen (secondary N) is 3. The Labute approximate surface area is 516 Å². The van der Waals surface area contributed by atoms with Crippen LogP contribution < -0.4 is 15.4 Å². The number of aromatic nitrogens is 6. The number of benzene rings is 9. The van der Waals surface area contributed by atoms with Crippen LogP contribution in [0.4, 0.5) is 35.1 Å². The van der Waals surface area contributed by atoms with Crippen LogP contribution in [0.2, 0.25) is 0 Å². The van der Waals surface area contributed by atoms with Crippen LogP contribution in [-0.4, -0.2) is 55.2 Å². The predicted molar refractivity (Wildman–Crippen MR) is 330 cm³/mol. The molecule has 0 amide bonds. The standard InChI is InChI=1S/C23H20F3N3O2S.C21H16F3N3O2S.C21H17F2N3O2S/c1-14-10-15(12-17(11-14)23(24,25)26)6-9-22-28-19-8-7-16(13-20(19)29-22)18-4-2-3-5-21(18)32(27,30)31;22-15-11-17(24)16(23)9-13(15)6-8-21-26-18-7-5-12(10-19(18)27-21)14-3-1-2-4-20(14)30(25,28)29;22-16-5-3-6-17(23)15(16)9-11-21-25-18-10-8-13(12-19(18)26-21)14-4-1-2-7-20(14)29(24,27)28/h2-5,7-8,10-13H,6,9H2,1H3,(H,28,29)(H2,27,30,31);1-5,7,9-11H,6,8H2,(H,26,27)(H2,25,28,29);1-8,10,12H,9,11H2,(H,25,26)(H2,24,27,28). The fraction of sp³-hybridized carbons (Fsp3) is 0.123. The lowest BCUT2D eigenvalue weighted by atomic mass is 10.0. The van der Waals surface area contributed by atoms with Crippen molar-refractivity contribution >= 4 is 63.2 Å². The van der Waals surface area contributed by atoms with Gasteiger partial charge in [-0.25, -0.2) is 77.6 Å². The summed E-state index contributed by atoms with van der Waals surface area (Å²) < 4.78 is 178. The second-order valence-electron chi connectivity index (χ2n) is 21.1. The zero-order chi connectivity index (χ0) is 65.2. The second kappa shape index (κ2) is 26.2. The molecule has 15 nitrogen and oxygen atoms in total. The Bertz CT molecular complexity index is 5080. The van der Waals surface area contributed by atoms with Crippen molar-refractivity contribution in [3.05, 3.63) is 250 Å². The molecule has 0 aliphatic carbocycles. The maximum Gasteiger partial charge on any atom is 0.416 e. The molecule has 91 heavy (non-hydrogen) atoms. The summed E-state index contributed by atoms with van der Waals surface area (Å²) in [4.78, 5) is 22.9.